The smallest absolute Gasteiger partial charge is 0.338 e. The van der Waals surface area contributed by atoms with Crippen molar-refractivity contribution in [3.8, 4) is 5.75 Å². The minimum atomic E-state index is -0.878. The van der Waals surface area contributed by atoms with Crippen LogP contribution in [0.25, 0.3) is 6.08 Å². The fourth-order valence-electron chi connectivity index (χ4n) is 4.73. The van der Waals surface area contributed by atoms with Crippen molar-refractivity contribution in [2.24, 2.45) is 11.0 Å². The number of hydrogen-bond acceptors (Lipinski definition) is 9. The molecule has 1 aromatic carbocycles. The molecule has 11 heteroatoms. The number of ether oxygens (including phenoxy) is 2. The van der Waals surface area contributed by atoms with Crippen LogP contribution in [0.1, 0.15) is 47.2 Å². The summed E-state index contributed by atoms with van der Waals surface area (Å²) in [6, 6.07) is 10.4. The molecule has 1 aliphatic heterocycles. The topological polar surface area (TPSA) is 138 Å². The van der Waals surface area contributed by atoms with Crippen LogP contribution < -0.4 is 4.74 Å². The maximum Gasteiger partial charge on any atom is 0.338 e. The van der Waals surface area contributed by atoms with Gasteiger partial charge in [0.1, 0.15) is 17.6 Å². The van der Waals surface area contributed by atoms with Crippen LogP contribution in [0, 0.1) is 16.0 Å². The van der Waals surface area contributed by atoms with Crippen molar-refractivity contribution < 1.29 is 32.8 Å². The van der Waals surface area contributed by atoms with E-state index in [1.165, 1.54) is 30.5 Å². The zero-order valence-electron chi connectivity index (χ0n) is 19.9. The van der Waals surface area contributed by atoms with E-state index in [9.17, 15) is 19.7 Å². The Balaban J connectivity index is 1.37. The Kier molecular flexibility index (Phi) is 6.59. The zero-order valence-corrected chi connectivity index (χ0v) is 19.9. The number of nitrogens with zero attached hydrogens (tertiary/aromatic N) is 3. The van der Waals surface area contributed by atoms with Crippen molar-refractivity contribution in [3.05, 3.63) is 87.8 Å². The number of carbonyl (C=O) groups is 2. The lowest BCUT2D eigenvalue weighted by molar-refractivity contribution is -0.385. The van der Waals surface area contributed by atoms with Gasteiger partial charge < -0.3 is 18.3 Å². The summed E-state index contributed by atoms with van der Waals surface area (Å²) in [5.74, 6) is -0.236. The molecular formula is C26H23N3O8. The molecule has 1 amide bonds. The Labute approximate surface area is 211 Å². The third-order valence-electron chi connectivity index (χ3n) is 6.39. The molecule has 1 saturated carbocycles. The normalized spacial score (nSPS) is 19.9. The Morgan fingerprint density at radius 2 is 2.03 bits per heavy atom. The number of benzene rings is 1. The van der Waals surface area contributed by atoms with Crippen molar-refractivity contribution >= 4 is 29.4 Å². The second-order valence-electron chi connectivity index (χ2n) is 8.59. The first-order chi connectivity index (χ1) is 18.0. The van der Waals surface area contributed by atoms with Gasteiger partial charge in [0.05, 0.1) is 35.8 Å². The van der Waals surface area contributed by atoms with Gasteiger partial charge >= 0.3 is 11.7 Å². The second kappa shape index (κ2) is 10.1. The van der Waals surface area contributed by atoms with Crippen LogP contribution in [0.15, 0.2) is 74.5 Å². The van der Waals surface area contributed by atoms with Crippen LogP contribution in [-0.2, 0) is 9.53 Å². The monoisotopic (exact) mass is 505 g/mol. The van der Waals surface area contributed by atoms with Crippen molar-refractivity contribution in [1.82, 2.24) is 5.01 Å². The average Bonchev–Trinajstić information content (AvgIpc) is 3.68. The number of carbonyl (C=O) groups excluding carboxylic acids is 2. The highest BCUT2D eigenvalue weighted by Gasteiger charge is 2.45. The predicted molar refractivity (Wildman–Crippen MR) is 130 cm³/mol. The van der Waals surface area contributed by atoms with Gasteiger partial charge in [0.15, 0.2) is 12.4 Å². The molecule has 37 heavy (non-hydrogen) atoms. The first-order valence-corrected chi connectivity index (χ1v) is 11.6. The molecule has 3 aromatic rings. The van der Waals surface area contributed by atoms with Crippen LogP contribution in [0.5, 0.6) is 5.75 Å². The summed E-state index contributed by atoms with van der Waals surface area (Å²) in [7, 11) is 1.29. The van der Waals surface area contributed by atoms with Gasteiger partial charge in [0.25, 0.3) is 5.91 Å². The Hall–Kier alpha value is -4.67. The van der Waals surface area contributed by atoms with Gasteiger partial charge in [-0.15, -0.1) is 0 Å². The third-order valence-corrected chi connectivity index (χ3v) is 6.39. The van der Waals surface area contributed by atoms with E-state index in [0.717, 1.165) is 36.6 Å². The molecule has 0 saturated heterocycles. The molecule has 0 N–H and O–H groups in total. The van der Waals surface area contributed by atoms with Crippen LogP contribution in [0.2, 0.25) is 0 Å². The van der Waals surface area contributed by atoms with E-state index in [-0.39, 0.29) is 22.9 Å². The van der Waals surface area contributed by atoms with Gasteiger partial charge in [-0.3, -0.25) is 14.9 Å². The summed E-state index contributed by atoms with van der Waals surface area (Å²) >= 11 is 0. The molecular weight excluding hydrogens is 482 g/mol. The molecule has 2 unspecified atom stereocenters. The summed E-state index contributed by atoms with van der Waals surface area (Å²) in [6.07, 6.45) is 7.55. The summed E-state index contributed by atoms with van der Waals surface area (Å²) in [5, 5.41) is 17.2. The summed E-state index contributed by atoms with van der Waals surface area (Å²) in [6.45, 7) is -0.601. The first kappa shape index (κ1) is 24.0. The predicted octanol–water partition coefficient (Wildman–Crippen LogP) is 4.77. The molecule has 11 nitrogen and oxygen atoms in total. The van der Waals surface area contributed by atoms with Gasteiger partial charge in [0, 0.05) is 12.0 Å². The number of methoxy groups -OCH3 is 1. The maximum absolute atomic E-state index is 13.3. The van der Waals surface area contributed by atoms with Crippen molar-refractivity contribution in [1.29, 1.82) is 0 Å². The van der Waals surface area contributed by atoms with E-state index < -0.39 is 29.4 Å². The first-order valence-electron chi connectivity index (χ1n) is 11.6. The molecule has 1 aliphatic carbocycles. The molecule has 0 spiro atoms. The van der Waals surface area contributed by atoms with E-state index in [1.54, 1.807) is 24.5 Å². The average molecular weight is 505 g/mol. The number of nitro benzene ring substituents is 1. The fourth-order valence-corrected chi connectivity index (χ4v) is 4.73. The quantitative estimate of drug-likeness (QED) is 0.254. The summed E-state index contributed by atoms with van der Waals surface area (Å²) in [4.78, 5) is 36.5. The number of hydrazone groups is 1. The van der Waals surface area contributed by atoms with E-state index in [1.807, 2.05) is 12.1 Å². The highest BCUT2D eigenvalue weighted by atomic mass is 16.6. The number of rotatable bonds is 7. The lowest BCUT2D eigenvalue weighted by Crippen LogP contribution is -2.34. The number of allylic oxidation sites excluding steroid dienone is 1. The fraction of sp³-hybridized carbons (Fsp3) is 0.269. The van der Waals surface area contributed by atoms with Crippen molar-refractivity contribution in [2.75, 3.05) is 13.7 Å². The summed E-state index contributed by atoms with van der Waals surface area (Å²) < 4.78 is 21.3. The number of nitro groups is 1. The number of hydrogen-bond donors (Lipinski definition) is 0. The molecule has 190 valence electrons. The van der Waals surface area contributed by atoms with Gasteiger partial charge in [-0.1, -0.05) is 0 Å². The van der Waals surface area contributed by atoms with Gasteiger partial charge in [0.2, 0.25) is 0 Å². The molecule has 5 rings (SSSR count). The van der Waals surface area contributed by atoms with Crippen LogP contribution in [-0.4, -0.2) is 41.2 Å². The number of amides is 1. The van der Waals surface area contributed by atoms with Crippen LogP contribution in [0.3, 0.4) is 0 Å². The molecule has 2 aromatic heterocycles. The summed E-state index contributed by atoms with van der Waals surface area (Å²) in [5.41, 5.74) is 1.29. The zero-order chi connectivity index (χ0) is 25.9. The largest absolute Gasteiger partial charge is 0.490 e. The Morgan fingerprint density at radius 3 is 2.73 bits per heavy atom. The van der Waals surface area contributed by atoms with Crippen LogP contribution >= 0.6 is 0 Å². The van der Waals surface area contributed by atoms with Crippen molar-refractivity contribution in [2.45, 2.75) is 25.3 Å². The minimum absolute atomic E-state index is 0.00724. The standard InChI is InChI=1S/C26H23N3O8/c1-34-21-10-9-17(14-20(21)29(32)33)26(31)37-15-23(30)28-25(22-8-4-12-36-22)19-7-2-5-16(24(19)27-28)13-18-6-3-11-35-18/h3-4,6,8-14,19,25H,2,5,7,15H2,1H3/b16-13+. The van der Waals surface area contributed by atoms with Gasteiger partial charge in [-0.2, -0.15) is 5.10 Å². The molecule has 1 fully saturated rings. The van der Waals surface area contributed by atoms with Gasteiger partial charge in [-0.05, 0) is 67.3 Å². The Bertz CT molecular complexity index is 1370. The molecule has 3 heterocycles. The minimum Gasteiger partial charge on any atom is -0.490 e. The number of furan rings is 2. The lowest BCUT2D eigenvalue weighted by Gasteiger charge is -2.27. The SMILES string of the molecule is COc1ccc(C(=O)OCC(=O)N2N=C3/C(=C/c4ccco4)CCCC3C2c2ccco2)cc1[N+](=O)[O-]. The van der Waals surface area contributed by atoms with Crippen molar-refractivity contribution in [3.63, 3.8) is 0 Å². The Morgan fingerprint density at radius 1 is 1.22 bits per heavy atom. The van der Waals surface area contributed by atoms with Crippen LogP contribution in [0.4, 0.5) is 5.69 Å². The molecule has 0 bridgehead atoms. The highest BCUT2D eigenvalue weighted by Crippen LogP contribution is 2.44. The van der Waals surface area contributed by atoms with E-state index in [2.05, 4.69) is 5.10 Å². The van der Waals surface area contributed by atoms with E-state index in [4.69, 9.17) is 18.3 Å². The van der Waals surface area contributed by atoms with E-state index in [0.29, 0.717) is 11.5 Å². The third kappa shape index (κ3) is 4.75. The van der Waals surface area contributed by atoms with Gasteiger partial charge in [-0.25, -0.2) is 9.80 Å². The second-order valence-corrected chi connectivity index (χ2v) is 8.59. The number of esters is 1. The highest BCUT2D eigenvalue weighted by molar-refractivity contribution is 6.08. The molecule has 2 aliphatic rings. The molecule has 0 radical (unpaired) electrons. The van der Waals surface area contributed by atoms with E-state index >= 15 is 0 Å². The molecule has 2 atom stereocenters. The maximum atomic E-state index is 13.3. The lowest BCUT2D eigenvalue weighted by atomic mass is 9.79. The number of fused-ring (bicyclic) bond motifs is 1.